The second-order valence-electron chi connectivity index (χ2n) is 5.01. The number of benzene rings is 1. The van der Waals surface area contributed by atoms with Crippen LogP contribution in [0.5, 0.6) is 0 Å². The molecule has 0 bridgehead atoms. The molecule has 5 nitrogen and oxygen atoms in total. The summed E-state index contributed by atoms with van der Waals surface area (Å²) in [6.07, 6.45) is 0.617. The molecule has 120 valence electrons. The Hall–Kier alpha value is -2.09. The Morgan fingerprint density at radius 2 is 1.86 bits per heavy atom. The summed E-state index contributed by atoms with van der Waals surface area (Å²) in [5.41, 5.74) is -1.79. The lowest BCUT2D eigenvalue weighted by Crippen LogP contribution is -2.41. The van der Waals surface area contributed by atoms with Gasteiger partial charge < -0.3 is 15.4 Å². The van der Waals surface area contributed by atoms with Crippen molar-refractivity contribution in [3.8, 4) is 0 Å². The normalized spacial score (nSPS) is 15.3. The van der Waals surface area contributed by atoms with Crippen molar-refractivity contribution in [3.05, 3.63) is 29.6 Å². The molecule has 1 aliphatic rings. The minimum Gasteiger partial charge on any atom is -0.383 e. The molecule has 0 aromatic heterocycles. The Kier molecular flexibility index (Phi) is 4.70. The van der Waals surface area contributed by atoms with Crippen LogP contribution in [0, 0.1) is 22.9 Å². The lowest BCUT2D eigenvalue weighted by Gasteiger charge is -2.15. The molecular weight excluding hydrogens is 301 g/mol. The number of ether oxygens (including phenoxy) is 1. The standard InChI is InChI=1S/C14H15F3N2O3/c1-22-7-6-18-12(20)14(4-5-14)13(21)19-9-3-2-8(15)10(16)11(9)17/h2-3H,4-7H2,1H3,(H,18,20)(H,19,21). The molecule has 1 fully saturated rings. The molecule has 2 amide bonds. The molecule has 1 aliphatic carbocycles. The average molecular weight is 316 g/mol. The Morgan fingerprint density at radius 1 is 1.18 bits per heavy atom. The molecule has 1 saturated carbocycles. The monoisotopic (exact) mass is 316 g/mol. The highest BCUT2D eigenvalue weighted by atomic mass is 19.2. The molecule has 2 rings (SSSR count). The van der Waals surface area contributed by atoms with Gasteiger partial charge in [0, 0.05) is 13.7 Å². The van der Waals surface area contributed by atoms with E-state index in [2.05, 4.69) is 10.6 Å². The molecule has 0 aliphatic heterocycles. The number of halogens is 3. The van der Waals surface area contributed by atoms with Gasteiger partial charge in [-0.25, -0.2) is 13.2 Å². The smallest absolute Gasteiger partial charge is 0.240 e. The van der Waals surface area contributed by atoms with Crippen LogP contribution in [0.3, 0.4) is 0 Å². The highest BCUT2D eigenvalue weighted by Gasteiger charge is 2.56. The first-order valence-corrected chi connectivity index (χ1v) is 6.64. The summed E-state index contributed by atoms with van der Waals surface area (Å²) in [5.74, 6) is -5.76. The molecule has 0 unspecified atom stereocenters. The van der Waals surface area contributed by atoms with Crippen LogP contribution in [0.1, 0.15) is 12.8 Å². The molecule has 1 aromatic carbocycles. The van der Waals surface area contributed by atoms with Gasteiger partial charge in [0.1, 0.15) is 5.41 Å². The van der Waals surface area contributed by atoms with Crippen molar-refractivity contribution in [2.24, 2.45) is 5.41 Å². The third-order valence-electron chi connectivity index (χ3n) is 3.49. The fraction of sp³-hybridized carbons (Fsp3) is 0.429. The first-order valence-electron chi connectivity index (χ1n) is 6.64. The van der Waals surface area contributed by atoms with E-state index in [4.69, 9.17) is 4.74 Å². The van der Waals surface area contributed by atoms with Gasteiger partial charge in [0.2, 0.25) is 11.8 Å². The highest BCUT2D eigenvalue weighted by Crippen LogP contribution is 2.47. The first kappa shape index (κ1) is 16.3. The van der Waals surface area contributed by atoms with E-state index in [-0.39, 0.29) is 6.54 Å². The number of carbonyl (C=O) groups excluding carboxylic acids is 2. The van der Waals surface area contributed by atoms with Gasteiger partial charge >= 0.3 is 0 Å². The summed E-state index contributed by atoms with van der Waals surface area (Å²) in [6.45, 7) is 0.533. The van der Waals surface area contributed by atoms with Crippen molar-refractivity contribution in [2.75, 3.05) is 25.6 Å². The van der Waals surface area contributed by atoms with Crippen molar-refractivity contribution in [1.82, 2.24) is 5.32 Å². The maximum Gasteiger partial charge on any atom is 0.240 e. The fourth-order valence-corrected chi connectivity index (χ4v) is 1.98. The number of anilines is 1. The van der Waals surface area contributed by atoms with Crippen molar-refractivity contribution < 1.29 is 27.5 Å². The minimum atomic E-state index is -1.67. The Bertz CT molecular complexity index is 603. The molecular formula is C14H15F3N2O3. The van der Waals surface area contributed by atoms with Crippen LogP contribution >= 0.6 is 0 Å². The largest absolute Gasteiger partial charge is 0.383 e. The number of amides is 2. The number of hydrogen-bond donors (Lipinski definition) is 2. The zero-order chi connectivity index (χ0) is 16.3. The molecule has 0 spiro atoms. The predicted octanol–water partition coefficient (Wildman–Crippen LogP) is 1.59. The van der Waals surface area contributed by atoms with Gasteiger partial charge in [-0.15, -0.1) is 0 Å². The molecule has 0 atom stereocenters. The number of nitrogens with one attached hydrogen (secondary N) is 2. The van der Waals surface area contributed by atoms with Crippen LogP contribution in [0.4, 0.5) is 18.9 Å². The molecule has 0 saturated heterocycles. The average Bonchev–Trinajstić information content (AvgIpc) is 3.30. The molecule has 2 N–H and O–H groups in total. The second kappa shape index (κ2) is 6.35. The Morgan fingerprint density at radius 3 is 2.45 bits per heavy atom. The number of methoxy groups -OCH3 is 1. The van der Waals surface area contributed by atoms with Crippen molar-refractivity contribution in [2.45, 2.75) is 12.8 Å². The van der Waals surface area contributed by atoms with Crippen LogP contribution in [-0.4, -0.2) is 32.1 Å². The molecule has 1 aromatic rings. The third kappa shape index (κ3) is 3.06. The van der Waals surface area contributed by atoms with Crippen LogP contribution in [0.15, 0.2) is 12.1 Å². The van der Waals surface area contributed by atoms with Crippen LogP contribution in [-0.2, 0) is 14.3 Å². The summed E-state index contributed by atoms with van der Waals surface area (Å²) < 4.78 is 44.3. The zero-order valence-corrected chi connectivity index (χ0v) is 11.8. The van der Waals surface area contributed by atoms with E-state index < -0.39 is 40.4 Å². The molecule has 8 heteroatoms. The summed E-state index contributed by atoms with van der Waals surface area (Å²) >= 11 is 0. The summed E-state index contributed by atoms with van der Waals surface area (Å²) in [6, 6.07) is 1.61. The van der Waals surface area contributed by atoms with E-state index in [0.29, 0.717) is 25.5 Å². The lowest BCUT2D eigenvalue weighted by molar-refractivity contribution is -0.134. The molecule has 0 radical (unpaired) electrons. The van der Waals surface area contributed by atoms with E-state index in [0.717, 1.165) is 6.07 Å². The van der Waals surface area contributed by atoms with E-state index >= 15 is 0 Å². The minimum absolute atomic E-state index is 0.240. The predicted molar refractivity (Wildman–Crippen MR) is 71.5 cm³/mol. The Labute approximate surface area is 124 Å². The van der Waals surface area contributed by atoms with E-state index in [1.165, 1.54) is 7.11 Å². The number of hydrogen-bond acceptors (Lipinski definition) is 3. The third-order valence-corrected chi connectivity index (χ3v) is 3.49. The summed E-state index contributed by atoms with van der Waals surface area (Å²) in [4.78, 5) is 24.1. The van der Waals surface area contributed by atoms with Crippen molar-refractivity contribution >= 4 is 17.5 Å². The maximum absolute atomic E-state index is 13.5. The second-order valence-corrected chi connectivity index (χ2v) is 5.01. The first-order chi connectivity index (χ1) is 10.4. The van der Waals surface area contributed by atoms with Crippen LogP contribution in [0.25, 0.3) is 0 Å². The van der Waals surface area contributed by atoms with Gasteiger partial charge in [0.25, 0.3) is 0 Å². The lowest BCUT2D eigenvalue weighted by atomic mass is 10.0. The SMILES string of the molecule is COCCNC(=O)C1(C(=O)Nc2ccc(F)c(F)c2F)CC1. The van der Waals surface area contributed by atoms with Crippen LogP contribution < -0.4 is 10.6 Å². The van der Waals surface area contributed by atoms with Crippen LogP contribution in [0.2, 0.25) is 0 Å². The molecule has 0 heterocycles. The van der Waals surface area contributed by atoms with Gasteiger partial charge in [-0.05, 0) is 25.0 Å². The summed E-state index contributed by atoms with van der Waals surface area (Å²) in [7, 11) is 1.47. The van der Waals surface area contributed by atoms with Gasteiger partial charge in [-0.1, -0.05) is 0 Å². The van der Waals surface area contributed by atoms with E-state index in [1.54, 1.807) is 0 Å². The summed E-state index contributed by atoms with van der Waals surface area (Å²) in [5, 5.41) is 4.68. The maximum atomic E-state index is 13.5. The van der Waals surface area contributed by atoms with E-state index in [1.807, 2.05) is 0 Å². The zero-order valence-electron chi connectivity index (χ0n) is 11.8. The highest BCUT2D eigenvalue weighted by molar-refractivity contribution is 6.13. The fourth-order valence-electron chi connectivity index (χ4n) is 1.98. The van der Waals surface area contributed by atoms with Gasteiger partial charge in [-0.2, -0.15) is 0 Å². The van der Waals surface area contributed by atoms with Gasteiger partial charge in [0.05, 0.1) is 12.3 Å². The molecule has 22 heavy (non-hydrogen) atoms. The topological polar surface area (TPSA) is 67.4 Å². The quantitative estimate of drug-likeness (QED) is 0.476. The van der Waals surface area contributed by atoms with E-state index in [9.17, 15) is 22.8 Å². The van der Waals surface area contributed by atoms with Crippen molar-refractivity contribution in [1.29, 1.82) is 0 Å². The van der Waals surface area contributed by atoms with Gasteiger partial charge in [-0.3, -0.25) is 9.59 Å². The Balaban J connectivity index is 2.06. The van der Waals surface area contributed by atoms with Gasteiger partial charge in [0.15, 0.2) is 17.5 Å². The number of rotatable bonds is 6. The van der Waals surface area contributed by atoms with Crippen molar-refractivity contribution in [3.63, 3.8) is 0 Å². The number of carbonyl (C=O) groups is 2.